The van der Waals surface area contributed by atoms with Crippen LogP contribution in [-0.2, 0) is 4.79 Å². The number of anilines is 1. The third-order valence-electron chi connectivity index (χ3n) is 5.13. The first-order valence-corrected chi connectivity index (χ1v) is 10.2. The number of carbonyl (C=O) groups excluding carboxylic acids is 2. The van der Waals surface area contributed by atoms with Crippen LogP contribution >= 0.6 is 15.9 Å². The van der Waals surface area contributed by atoms with Crippen LogP contribution in [0.4, 0.5) is 5.69 Å². The number of benzene rings is 2. The molecule has 1 aliphatic rings. The van der Waals surface area contributed by atoms with Gasteiger partial charge in [0.05, 0.1) is 0 Å². The molecule has 0 unspecified atom stereocenters. The number of hydrogen-bond acceptors (Lipinski definition) is 4. The van der Waals surface area contributed by atoms with Crippen LogP contribution in [0.15, 0.2) is 68.3 Å². The number of rotatable bonds is 3. The Morgan fingerprint density at radius 2 is 1.72 bits per heavy atom. The van der Waals surface area contributed by atoms with Crippen molar-refractivity contribution < 1.29 is 14.0 Å². The van der Waals surface area contributed by atoms with Gasteiger partial charge < -0.3 is 14.6 Å². The molecule has 4 rings (SSSR count). The maximum absolute atomic E-state index is 12.6. The Kier molecular flexibility index (Phi) is 5.49. The molecule has 1 N–H and O–H groups in total. The molecule has 1 aromatic heterocycles. The average Bonchev–Trinajstić information content (AvgIpc) is 2.74. The first kappa shape index (κ1) is 19.4. The number of halogens is 1. The Bertz CT molecular complexity index is 1120. The summed E-state index contributed by atoms with van der Waals surface area (Å²) in [5.74, 6) is -0.210. The largest absolute Gasteiger partial charge is 0.423 e. The molecular formula is C22H19BrN2O4. The second-order valence-corrected chi connectivity index (χ2v) is 7.99. The molecule has 2 heterocycles. The van der Waals surface area contributed by atoms with Gasteiger partial charge in [-0.1, -0.05) is 15.9 Å². The summed E-state index contributed by atoms with van der Waals surface area (Å²) in [5.41, 5.74) is 1.39. The fraction of sp³-hybridized carbons (Fsp3) is 0.227. The fourth-order valence-corrected chi connectivity index (χ4v) is 3.78. The lowest BCUT2D eigenvalue weighted by atomic mass is 9.95. The van der Waals surface area contributed by atoms with E-state index in [9.17, 15) is 14.4 Å². The molecule has 148 valence electrons. The predicted molar refractivity (Wildman–Crippen MR) is 114 cm³/mol. The maximum atomic E-state index is 12.6. The predicted octanol–water partition coefficient (Wildman–Crippen LogP) is 4.05. The van der Waals surface area contributed by atoms with E-state index in [0.29, 0.717) is 42.8 Å². The number of hydrogen-bond donors (Lipinski definition) is 1. The fourth-order valence-electron chi connectivity index (χ4n) is 3.51. The monoisotopic (exact) mass is 454 g/mol. The van der Waals surface area contributed by atoms with Crippen LogP contribution in [0.2, 0.25) is 0 Å². The van der Waals surface area contributed by atoms with Gasteiger partial charge >= 0.3 is 5.63 Å². The number of amides is 2. The van der Waals surface area contributed by atoms with Gasteiger partial charge in [0, 0.05) is 46.2 Å². The van der Waals surface area contributed by atoms with Gasteiger partial charge in [0.15, 0.2) is 0 Å². The van der Waals surface area contributed by atoms with Crippen LogP contribution in [0.5, 0.6) is 0 Å². The van der Waals surface area contributed by atoms with Crippen molar-refractivity contribution >= 4 is 44.4 Å². The van der Waals surface area contributed by atoms with Gasteiger partial charge in [-0.05, 0) is 61.4 Å². The van der Waals surface area contributed by atoms with E-state index in [1.165, 1.54) is 6.07 Å². The molecule has 0 spiro atoms. The molecule has 2 amide bonds. The molecule has 0 bridgehead atoms. The van der Waals surface area contributed by atoms with Gasteiger partial charge in [-0.3, -0.25) is 9.59 Å². The first-order chi connectivity index (χ1) is 14.0. The summed E-state index contributed by atoms with van der Waals surface area (Å²) in [6, 6.07) is 15.5. The van der Waals surface area contributed by atoms with Crippen LogP contribution in [0, 0.1) is 5.92 Å². The number of nitrogens with zero attached hydrogens (tertiary/aromatic N) is 1. The van der Waals surface area contributed by atoms with Gasteiger partial charge in [0.25, 0.3) is 5.91 Å². The van der Waals surface area contributed by atoms with E-state index in [0.717, 1.165) is 9.86 Å². The minimum Gasteiger partial charge on any atom is -0.423 e. The van der Waals surface area contributed by atoms with Gasteiger partial charge in [0.2, 0.25) is 5.91 Å². The topological polar surface area (TPSA) is 79.6 Å². The Labute approximate surface area is 175 Å². The molecule has 3 aromatic rings. The second-order valence-electron chi connectivity index (χ2n) is 7.07. The number of nitrogens with one attached hydrogen (secondary N) is 1. The van der Waals surface area contributed by atoms with Gasteiger partial charge in [-0.25, -0.2) is 4.79 Å². The maximum Gasteiger partial charge on any atom is 0.336 e. The third kappa shape index (κ3) is 4.40. The Morgan fingerprint density at radius 1 is 1.00 bits per heavy atom. The molecule has 0 atom stereocenters. The summed E-state index contributed by atoms with van der Waals surface area (Å²) in [5, 5.41) is 3.68. The van der Waals surface area contributed by atoms with E-state index >= 15 is 0 Å². The van der Waals surface area contributed by atoms with Gasteiger partial charge in [0.1, 0.15) is 5.58 Å². The van der Waals surface area contributed by atoms with E-state index in [1.807, 2.05) is 12.1 Å². The molecule has 1 fully saturated rings. The third-order valence-corrected chi connectivity index (χ3v) is 5.66. The molecule has 0 radical (unpaired) electrons. The zero-order valence-corrected chi connectivity index (χ0v) is 17.1. The summed E-state index contributed by atoms with van der Waals surface area (Å²) < 4.78 is 6.04. The summed E-state index contributed by atoms with van der Waals surface area (Å²) in [7, 11) is 0. The summed E-state index contributed by atoms with van der Waals surface area (Å²) in [6.45, 7) is 1.10. The molecule has 29 heavy (non-hydrogen) atoms. The summed E-state index contributed by atoms with van der Waals surface area (Å²) in [6.07, 6.45) is 1.24. The second kappa shape index (κ2) is 8.21. The van der Waals surface area contributed by atoms with E-state index < -0.39 is 5.63 Å². The van der Waals surface area contributed by atoms with Crippen molar-refractivity contribution in [3.63, 3.8) is 0 Å². The number of piperidine rings is 1. The van der Waals surface area contributed by atoms with Crippen LogP contribution in [0.25, 0.3) is 11.0 Å². The number of likely N-dealkylation sites (tertiary alicyclic amines) is 1. The van der Waals surface area contributed by atoms with Crippen molar-refractivity contribution in [2.24, 2.45) is 5.92 Å². The Hall–Kier alpha value is -2.93. The highest BCUT2D eigenvalue weighted by Gasteiger charge is 2.28. The molecule has 7 heteroatoms. The standard InChI is InChI=1S/C22H19BrN2O4/c23-17-4-1-15(2-5-17)22(28)25-11-9-14(10-12-25)21(27)24-18-6-7-19-16(13-18)3-8-20(26)29-19/h1-8,13-14H,9-12H2,(H,24,27). The SMILES string of the molecule is O=C(Nc1ccc2oc(=O)ccc2c1)C1CCN(C(=O)c2ccc(Br)cc2)CC1. The van der Waals surface area contributed by atoms with E-state index in [4.69, 9.17) is 4.42 Å². The lowest BCUT2D eigenvalue weighted by Crippen LogP contribution is -2.41. The van der Waals surface area contributed by atoms with Crippen molar-refractivity contribution in [2.75, 3.05) is 18.4 Å². The van der Waals surface area contributed by atoms with E-state index in [2.05, 4.69) is 21.2 Å². The molecule has 2 aromatic carbocycles. The van der Waals surface area contributed by atoms with Gasteiger partial charge in [-0.2, -0.15) is 0 Å². The van der Waals surface area contributed by atoms with Crippen LogP contribution in [0.3, 0.4) is 0 Å². The zero-order valence-electron chi connectivity index (χ0n) is 15.6. The van der Waals surface area contributed by atoms with Crippen molar-refractivity contribution in [3.05, 3.63) is 75.1 Å². The lowest BCUT2D eigenvalue weighted by molar-refractivity contribution is -0.121. The molecule has 0 aliphatic carbocycles. The zero-order chi connectivity index (χ0) is 20.4. The van der Waals surface area contributed by atoms with Crippen LogP contribution in [-0.4, -0.2) is 29.8 Å². The minimum absolute atomic E-state index is 0.00706. The molecule has 1 aliphatic heterocycles. The van der Waals surface area contributed by atoms with Crippen molar-refractivity contribution in [3.8, 4) is 0 Å². The van der Waals surface area contributed by atoms with Gasteiger partial charge in [-0.15, -0.1) is 0 Å². The van der Waals surface area contributed by atoms with E-state index in [1.54, 1.807) is 41.3 Å². The quantitative estimate of drug-likeness (QED) is 0.605. The molecule has 0 saturated carbocycles. The first-order valence-electron chi connectivity index (χ1n) is 9.39. The van der Waals surface area contributed by atoms with Crippen molar-refractivity contribution in [2.45, 2.75) is 12.8 Å². The highest BCUT2D eigenvalue weighted by molar-refractivity contribution is 9.10. The number of fused-ring (bicyclic) bond motifs is 1. The number of carbonyl (C=O) groups is 2. The summed E-state index contributed by atoms with van der Waals surface area (Å²) in [4.78, 5) is 38.3. The summed E-state index contributed by atoms with van der Waals surface area (Å²) >= 11 is 3.37. The molecule has 1 saturated heterocycles. The van der Waals surface area contributed by atoms with Crippen LogP contribution in [0.1, 0.15) is 23.2 Å². The normalized spacial score (nSPS) is 14.7. The highest BCUT2D eigenvalue weighted by atomic mass is 79.9. The van der Waals surface area contributed by atoms with E-state index in [-0.39, 0.29) is 17.7 Å². The van der Waals surface area contributed by atoms with Crippen LogP contribution < -0.4 is 10.9 Å². The minimum atomic E-state index is -0.404. The molecular weight excluding hydrogens is 436 g/mol. The smallest absolute Gasteiger partial charge is 0.336 e. The Balaban J connectivity index is 1.36. The highest BCUT2D eigenvalue weighted by Crippen LogP contribution is 2.23. The van der Waals surface area contributed by atoms with Crippen molar-refractivity contribution in [1.82, 2.24) is 4.90 Å². The molecule has 6 nitrogen and oxygen atoms in total. The Morgan fingerprint density at radius 3 is 2.45 bits per heavy atom. The van der Waals surface area contributed by atoms with Crippen molar-refractivity contribution in [1.29, 1.82) is 0 Å². The lowest BCUT2D eigenvalue weighted by Gasteiger charge is -2.31. The average molecular weight is 455 g/mol.